The summed E-state index contributed by atoms with van der Waals surface area (Å²) < 4.78 is 0. The van der Waals surface area contributed by atoms with Crippen LogP contribution in [0.2, 0.25) is 0 Å². The van der Waals surface area contributed by atoms with E-state index in [-0.39, 0.29) is 24.8 Å². The van der Waals surface area contributed by atoms with Crippen LogP contribution in [0.1, 0.15) is 38.2 Å². The van der Waals surface area contributed by atoms with E-state index in [0.717, 1.165) is 24.1 Å². The first-order chi connectivity index (χ1) is 11.4. The van der Waals surface area contributed by atoms with Gasteiger partial charge in [0, 0.05) is 18.7 Å². The average Bonchev–Trinajstić information content (AvgIpc) is 2.93. The summed E-state index contributed by atoms with van der Waals surface area (Å²) in [5, 5.41) is 11.8. The summed E-state index contributed by atoms with van der Waals surface area (Å²) in [5.74, 6) is -2.01. The van der Waals surface area contributed by atoms with E-state index in [1.54, 1.807) is 4.90 Å². The molecule has 2 unspecified atom stereocenters. The molecule has 2 N–H and O–H groups in total. The summed E-state index contributed by atoms with van der Waals surface area (Å²) in [6.07, 6.45) is 2.11. The Bertz CT molecular complexity index is 612. The number of carbonyl (C=O) groups excluding carboxylic acids is 2. The molecule has 1 aliphatic heterocycles. The molecule has 0 bridgehead atoms. The third-order valence-corrected chi connectivity index (χ3v) is 4.30. The molecule has 0 saturated carbocycles. The summed E-state index contributed by atoms with van der Waals surface area (Å²) >= 11 is 0. The molecule has 1 saturated heterocycles. The number of benzene rings is 1. The van der Waals surface area contributed by atoms with Crippen molar-refractivity contribution in [1.82, 2.24) is 5.32 Å². The number of aryl methyl sites for hydroxylation is 1. The van der Waals surface area contributed by atoms with Gasteiger partial charge in [-0.05, 0) is 25.5 Å². The molecule has 24 heavy (non-hydrogen) atoms. The van der Waals surface area contributed by atoms with Crippen LogP contribution >= 0.6 is 0 Å². The third-order valence-electron chi connectivity index (χ3n) is 4.30. The Labute approximate surface area is 141 Å². The predicted octanol–water partition coefficient (Wildman–Crippen LogP) is 2.11. The van der Waals surface area contributed by atoms with Crippen LogP contribution < -0.4 is 10.2 Å². The van der Waals surface area contributed by atoms with Gasteiger partial charge in [0.1, 0.15) is 6.04 Å². The van der Waals surface area contributed by atoms with Crippen LogP contribution in [0.25, 0.3) is 0 Å². The van der Waals surface area contributed by atoms with Crippen molar-refractivity contribution in [3.8, 4) is 0 Å². The van der Waals surface area contributed by atoms with Gasteiger partial charge in [-0.3, -0.25) is 9.59 Å². The van der Waals surface area contributed by atoms with E-state index in [4.69, 9.17) is 0 Å². The molecule has 1 aromatic rings. The fourth-order valence-corrected chi connectivity index (χ4v) is 2.81. The van der Waals surface area contributed by atoms with Gasteiger partial charge >= 0.3 is 5.97 Å². The van der Waals surface area contributed by atoms with Crippen LogP contribution in [-0.4, -0.2) is 35.5 Å². The molecular formula is C18H24N2O4. The second kappa shape index (κ2) is 7.95. The van der Waals surface area contributed by atoms with Gasteiger partial charge in [-0.2, -0.15) is 0 Å². The van der Waals surface area contributed by atoms with E-state index < -0.39 is 17.9 Å². The predicted molar refractivity (Wildman–Crippen MR) is 90.7 cm³/mol. The number of hydrogen-bond donors (Lipinski definition) is 2. The van der Waals surface area contributed by atoms with Gasteiger partial charge in [-0.1, -0.05) is 37.5 Å². The molecule has 2 rings (SSSR count). The van der Waals surface area contributed by atoms with Gasteiger partial charge in [0.05, 0.1) is 5.92 Å². The number of carboxylic acids is 1. The first-order valence-corrected chi connectivity index (χ1v) is 8.32. The molecular weight excluding hydrogens is 308 g/mol. The van der Waals surface area contributed by atoms with Crippen molar-refractivity contribution in [2.45, 2.75) is 45.6 Å². The van der Waals surface area contributed by atoms with Crippen LogP contribution in [-0.2, 0) is 14.4 Å². The van der Waals surface area contributed by atoms with E-state index >= 15 is 0 Å². The lowest BCUT2D eigenvalue weighted by atomic mass is 10.1. The normalized spacial score (nSPS) is 18.5. The van der Waals surface area contributed by atoms with Gasteiger partial charge in [0.15, 0.2) is 0 Å². The smallest absolute Gasteiger partial charge is 0.326 e. The van der Waals surface area contributed by atoms with Crippen molar-refractivity contribution in [2.75, 3.05) is 11.4 Å². The van der Waals surface area contributed by atoms with Crippen molar-refractivity contribution in [1.29, 1.82) is 0 Å². The molecule has 1 aromatic carbocycles. The second-order valence-corrected chi connectivity index (χ2v) is 6.28. The van der Waals surface area contributed by atoms with Crippen molar-refractivity contribution in [3.05, 3.63) is 29.8 Å². The van der Waals surface area contributed by atoms with Gasteiger partial charge < -0.3 is 15.3 Å². The molecule has 1 aliphatic rings. The fourth-order valence-electron chi connectivity index (χ4n) is 2.81. The largest absolute Gasteiger partial charge is 0.480 e. The number of nitrogens with zero attached hydrogens (tertiary/aromatic N) is 1. The van der Waals surface area contributed by atoms with Gasteiger partial charge in [-0.25, -0.2) is 4.79 Å². The number of carbonyl (C=O) groups is 3. The third kappa shape index (κ3) is 4.34. The number of carboxylic acid groups (broad SMARTS) is 1. The number of hydrogen-bond acceptors (Lipinski definition) is 3. The van der Waals surface area contributed by atoms with Crippen molar-refractivity contribution >= 4 is 23.5 Å². The van der Waals surface area contributed by atoms with E-state index in [1.807, 2.05) is 38.1 Å². The molecule has 6 nitrogen and oxygen atoms in total. The molecule has 0 aliphatic carbocycles. The van der Waals surface area contributed by atoms with Crippen LogP contribution in [0.4, 0.5) is 5.69 Å². The Balaban J connectivity index is 2.00. The molecule has 1 heterocycles. The summed E-state index contributed by atoms with van der Waals surface area (Å²) in [4.78, 5) is 37.4. The maximum atomic E-state index is 12.3. The Hall–Kier alpha value is -2.37. The molecule has 0 aromatic heterocycles. The number of nitrogens with one attached hydrogen (secondary N) is 1. The molecule has 2 amide bonds. The average molecular weight is 332 g/mol. The topological polar surface area (TPSA) is 86.7 Å². The molecule has 130 valence electrons. The lowest BCUT2D eigenvalue weighted by Gasteiger charge is -2.18. The number of aliphatic carboxylic acids is 1. The van der Waals surface area contributed by atoms with E-state index in [0.29, 0.717) is 6.42 Å². The Morgan fingerprint density at radius 1 is 1.33 bits per heavy atom. The molecule has 0 radical (unpaired) electrons. The number of anilines is 1. The Kier molecular flexibility index (Phi) is 5.95. The minimum Gasteiger partial charge on any atom is -0.480 e. The van der Waals surface area contributed by atoms with Crippen LogP contribution in [0.15, 0.2) is 24.3 Å². The highest BCUT2D eigenvalue weighted by molar-refractivity contribution is 6.00. The SMILES string of the molecule is CCCCC(NC(=O)C1CC(=O)N(c2ccc(C)cc2)C1)C(=O)O. The zero-order valence-corrected chi connectivity index (χ0v) is 14.1. The maximum Gasteiger partial charge on any atom is 0.326 e. The highest BCUT2D eigenvalue weighted by atomic mass is 16.4. The zero-order chi connectivity index (χ0) is 17.7. The Morgan fingerprint density at radius 2 is 2.00 bits per heavy atom. The quantitative estimate of drug-likeness (QED) is 0.800. The lowest BCUT2D eigenvalue weighted by molar-refractivity contribution is -0.142. The number of rotatable bonds is 7. The fraction of sp³-hybridized carbons (Fsp3) is 0.500. The minimum atomic E-state index is -1.03. The maximum absolute atomic E-state index is 12.3. The van der Waals surface area contributed by atoms with E-state index in [2.05, 4.69) is 5.32 Å². The van der Waals surface area contributed by atoms with Gasteiger partial charge in [0.25, 0.3) is 0 Å². The summed E-state index contributed by atoms with van der Waals surface area (Å²) in [6, 6.07) is 6.66. The van der Waals surface area contributed by atoms with E-state index in [1.165, 1.54) is 0 Å². The van der Waals surface area contributed by atoms with Crippen LogP contribution in [0.3, 0.4) is 0 Å². The number of unbranched alkanes of at least 4 members (excludes halogenated alkanes) is 1. The number of amides is 2. The summed E-state index contributed by atoms with van der Waals surface area (Å²) in [5.41, 5.74) is 1.86. The standard InChI is InChI=1S/C18H24N2O4/c1-3-4-5-15(18(23)24)19-17(22)13-10-16(21)20(11-13)14-8-6-12(2)7-9-14/h6-9,13,15H,3-5,10-11H2,1-2H3,(H,19,22)(H,23,24). The second-order valence-electron chi connectivity index (χ2n) is 6.28. The highest BCUT2D eigenvalue weighted by Gasteiger charge is 2.36. The van der Waals surface area contributed by atoms with Crippen molar-refractivity contribution in [3.63, 3.8) is 0 Å². The Morgan fingerprint density at radius 3 is 2.58 bits per heavy atom. The molecule has 0 spiro atoms. The monoisotopic (exact) mass is 332 g/mol. The molecule has 6 heteroatoms. The summed E-state index contributed by atoms with van der Waals surface area (Å²) in [7, 11) is 0. The minimum absolute atomic E-state index is 0.111. The molecule has 1 fully saturated rings. The first-order valence-electron chi connectivity index (χ1n) is 8.32. The zero-order valence-electron chi connectivity index (χ0n) is 14.1. The first kappa shape index (κ1) is 18.0. The lowest BCUT2D eigenvalue weighted by Crippen LogP contribution is -2.44. The molecule has 2 atom stereocenters. The van der Waals surface area contributed by atoms with Crippen molar-refractivity contribution in [2.24, 2.45) is 5.92 Å². The summed E-state index contributed by atoms with van der Waals surface area (Å²) in [6.45, 7) is 4.22. The van der Waals surface area contributed by atoms with Crippen LogP contribution in [0.5, 0.6) is 0 Å². The van der Waals surface area contributed by atoms with Gasteiger partial charge in [0.2, 0.25) is 11.8 Å². The highest BCUT2D eigenvalue weighted by Crippen LogP contribution is 2.25. The van der Waals surface area contributed by atoms with Gasteiger partial charge in [-0.15, -0.1) is 0 Å². The van der Waals surface area contributed by atoms with Crippen LogP contribution in [0, 0.1) is 12.8 Å². The van der Waals surface area contributed by atoms with E-state index in [9.17, 15) is 19.5 Å². The van der Waals surface area contributed by atoms with Crippen molar-refractivity contribution < 1.29 is 19.5 Å².